The van der Waals surface area contributed by atoms with Crippen LogP contribution in [-0.2, 0) is 0 Å². The highest BCUT2D eigenvalue weighted by Crippen LogP contribution is 2.31. The number of aromatic nitrogens is 3. The summed E-state index contributed by atoms with van der Waals surface area (Å²) in [6.07, 6.45) is 4.30. The number of carbonyl (C=O) groups is 1. The number of pyridine rings is 1. The summed E-state index contributed by atoms with van der Waals surface area (Å²) in [6.45, 7) is 7.80. The van der Waals surface area contributed by atoms with E-state index < -0.39 is 0 Å². The van der Waals surface area contributed by atoms with Gasteiger partial charge in [0.25, 0.3) is 5.91 Å². The Labute approximate surface area is 199 Å². The van der Waals surface area contributed by atoms with Crippen molar-refractivity contribution in [3.05, 3.63) is 77.0 Å². The number of aryl methyl sites for hydroxylation is 2. The zero-order valence-electron chi connectivity index (χ0n) is 19.7. The van der Waals surface area contributed by atoms with Crippen molar-refractivity contribution >= 4 is 22.8 Å². The maximum atomic E-state index is 13.2. The molecule has 1 amide bonds. The van der Waals surface area contributed by atoms with Crippen LogP contribution in [-0.4, -0.2) is 51.9 Å². The molecule has 0 spiro atoms. The summed E-state index contributed by atoms with van der Waals surface area (Å²) in [5, 5.41) is 0. The van der Waals surface area contributed by atoms with E-state index in [0.717, 1.165) is 60.0 Å². The summed E-state index contributed by atoms with van der Waals surface area (Å²) in [7, 11) is 0. The van der Waals surface area contributed by atoms with Gasteiger partial charge in [-0.25, -0.2) is 9.97 Å². The summed E-state index contributed by atoms with van der Waals surface area (Å²) in [4.78, 5) is 30.4. The van der Waals surface area contributed by atoms with Crippen molar-refractivity contribution < 1.29 is 4.79 Å². The molecule has 2 aromatic heterocycles. The number of hydrogen-bond acceptors (Lipinski definition) is 4. The van der Waals surface area contributed by atoms with Crippen molar-refractivity contribution in [1.29, 1.82) is 0 Å². The summed E-state index contributed by atoms with van der Waals surface area (Å²) in [5.41, 5.74) is 7.15. The molecule has 0 radical (unpaired) electrons. The molecule has 0 saturated carbocycles. The van der Waals surface area contributed by atoms with Crippen LogP contribution in [0.1, 0.15) is 45.8 Å². The second kappa shape index (κ2) is 8.28. The van der Waals surface area contributed by atoms with Crippen molar-refractivity contribution in [2.24, 2.45) is 0 Å². The Bertz CT molecular complexity index is 1360. The fourth-order valence-corrected chi connectivity index (χ4v) is 5.03. The van der Waals surface area contributed by atoms with Crippen LogP contribution in [0, 0.1) is 13.8 Å². The topological polar surface area (TPSA) is 65.1 Å². The molecule has 2 aliphatic rings. The van der Waals surface area contributed by atoms with Crippen molar-refractivity contribution in [3.8, 4) is 11.4 Å². The lowest BCUT2D eigenvalue weighted by Crippen LogP contribution is -2.48. The number of rotatable bonds is 4. The fourth-order valence-electron chi connectivity index (χ4n) is 5.03. The highest BCUT2D eigenvalue weighted by Gasteiger charge is 2.32. The Morgan fingerprint density at radius 3 is 2.53 bits per heavy atom. The van der Waals surface area contributed by atoms with E-state index in [4.69, 9.17) is 4.98 Å². The number of hydrogen-bond donors (Lipinski definition) is 1. The lowest BCUT2D eigenvalue weighted by Gasteiger charge is -2.39. The molecular formula is C28H29N5O. The van der Waals surface area contributed by atoms with E-state index in [1.807, 2.05) is 29.3 Å². The highest BCUT2D eigenvalue weighted by molar-refractivity contribution is 5.96. The van der Waals surface area contributed by atoms with Gasteiger partial charge in [-0.2, -0.15) is 0 Å². The van der Waals surface area contributed by atoms with Gasteiger partial charge in [0.2, 0.25) is 0 Å². The summed E-state index contributed by atoms with van der Waals surface area (Å²) in [6, 6.07) is 16.6. The van der Waals surface area contributed by atoms with Gasteiger partial charge in [0.05, 0.1) is 17.2 Å². The van der Waals surface area contributed by atoms with E-state index in [1.54, 1.807) is 0 Å². The highest BCUT2D eigenvalue weighted by atomic mass is 16.2. The number of nitrogens with one attached hydrogen (secondary N) is 1. The fraction of sp³-hybridized carbons (Fsp3) is 0.321. The predicted molar refractivity (Wildman–Crippen MR) is 135 cm³/mol. The quantitative estimate of drug-likeness (QED) is 0.470. The van der Waals surface area contributed by atoms with Crippen LogP contribution in [0.4, 0.5) is 5.82 Å². The van der Waals surface area contributed by atoms with Crippen molar-refractivity contribution in [3.63, 3.8) is 0 Å². The molecule has 2 aliphatic heterocycles. The van der Waals surface area contributed by atoms with Crippen molar-refractivity contribution in [2.45, 2.75) is 32.6 Å². The molecule has 172 valence electrons. The van der Waals surface area contributed by atoms with Gasteiger partial charge in [0.1, 0.15) is 11.6 Å². The maximum Gasteiger partial charge on any atom is 0.253 e. The van der Waals surface area contributed by atoms with Gasteiger partial charge < -0.3 is 14.8 Å². The number of amides is 1. The van der Waals surface area contributed by atoms with Crippen LogP contribution in [0.3, 0.4) is 0 Å². The Morgan fingerprint density at radius 2 is 1.76 bits per heavy atom. The molecule has 2 fully saturated rings. The Balaban J connectivity index is 1.23. The molecule has 2 aromatic carbocycles. The summed E-state index contributed by atoms with van der Waals surface area (Å²) in [5.74, 6) is 2.27. The summed E-state index contributed by atoms with van der Waals surface area (Å²) >= 11 is 0. The van der Waals surface area contributed by atoms with Gasteiger partial charge in [-0.15, -0.1) is 0 Å². The third-order valence-corrected chi connectivity index (χ3v) is 7.24. The number of carbonyl (C=O) groups excluding carboxylic acids is 1. The van der Waals surface area contributed by atoms with Crippen LogP contribution in [0.2, 0.25) is 0 Å². The van der Waals surface area contributed by atoms with Gasteiger partial charge in [-0.1, -0.05) is 35.9 Å². The van der Waals surface area contributed by atoms with Gasteiger partial charge >= 0.3 is 0 Å². The molecule has 4 heterocycles. The zero-order valence-corrected chi connectivity index (χ0v) is 19.7. The Morgan fingerprint density at radius 1 is 1.00 bits per heavy atom. The number of fused-ring (bicyclic) bond motifs is 1. The van der Waals surface area contributed by atoms with Gasteiger partial charge in [0, 0.05) is 49.3 Å². The average Bonchev–Trinajstić information content (AvgIpc) is 3.49. The number of H-pyrrole nitrogens is 1. The lowest BCUT2D eigenvalue weighted by atomic mass is 9.90. The predicted octanol–water partition coefficient (Wildman–Crippen LogP) is 5.08. The molecule has 4 aromatic rings. The first kappa shape index (κ1) is 20.9. The van der Waals surface area contributed by atoms with Gasteiger partial charge in [-0.3, -0.25) is 4.79 Å². The molecule has 1 N–H and O–H groups in total. The summed E-state index contributed by atoms with van der Waals surface area (Å²) < 4.78 is 0. The third kappa shape index (κ3) is 3.73. The first-order valence-electron chi connectivity index (χ1n) is 12.1. The molecule has 2 saturated heterocycles. The molecule has 0 bridgehead atoms. The van der Waals surface area contributed by atoms with E-state index in [-0.39, 0.29) is 5.91 Å². The number of imidazole rings is 1. The zero-order chi connectivity index (χ0) is 23.2. The maximum absolute atomic E-state index is 13.2. The minimum Gasteiger partial charge on any atom is -0.357 e. The van der Waals surface area contributed by atoms with Crippen LogP contribution in [0.5, 0.6) is 0 Å². The molecule has 0 atom stereocenters. The van der Waals surface area contributed by atoms with Crippen LogP contribution < -0.4 is 4.90 Å². The van der Waals surface area contributed by atoms with E-state index in [9.17, 15) is 4.79 Å². The van der Waals surface area contributed by atoms with Gasteiger partial charge in [-0.05, 0) is 49.9 Å². The van der Waals surface area contributed by atoms with Crippen LogP contribution in [0.15, 0.2) is 54.7 Å². The average molecular weight is 452 g/mol. The molecular weight excluding hydrogens is 422 g/mol. The van der Waals surface area contributed by atoms with Crippen LogP contribution in [0.25, 0.3) is 22.4 Å². The lowest BCUT2D eigenvalue weighted by molar-refractivity contribution is 0.0602. The molecule has 6 nitrogen and oxygen atoms in total. The van der Waals surface area contributed by atoms with E-state index in [1.165, 1.54) is 24.0 Å². The second-order valence-electron chi connectivity index (χ2n) is 9.69. The van der Waals surface area contributed by atoms with Gasteiger partial charge in [0.15, 0.2) is 0 Å². The van der Waals surface area contributed by atoms with Crippen molar-refractivity contribution in [2.75, 3.05) is 31.1 Å². The van der Waals surface area contributed by atoms with Crippen LogP contribution >= 0.6 is 0 Å². The van der Waals surface area contributed by atoms with E-state index >= 15 is 0 Å². The standard InChI is InChI=1S/C28H29N5O/c1-18-5-8-20(9-6-18)22-16-33(17-22)28(34)21-10-7-19(2)23(13-21)27-30-24-14-26(29-15-25(24)31-27)32-11-3-4-12-32/h5-10,13-15,22H,3-4,11-12,16-17H2,1-2H3,(H,30,31). The normalized spacial score (nSPS) is 16.3. The third-order valence-electron chi connectivity index (χ3n) is 7.24. The molecule has 6 rings (SSSR count). The molecule has 0 aliphatic carbocycles. The molecule has 34 heavy (non-hydrogen) atoms. The number of anilines is 1. The Hall–Kier alpha value is -3.67. The monoisotopic (exact) mass is 451 g/mol. The van der Waals surface area contributed by atoms with E-state index in [2.05, 4.69) is 59.0 Å². The first-order valence-corrected chi connectivity index (χ1v) is 12.1. The van der Waals surface area contributed by atoms with Crippen molar-refractivity contribution in [1.82, 2.24) is 19.9 Å². The number of benzene rings is 2. The van der Waals surface area contributed by atoms with E-state index in [0.29, 0.717) is 11.5 Å². The first-order chi connectivity index (χ1) is 16.5. The minimum absolute atomic E-state index is 0.0821. The number of nitrogens with zero attached hydrogens (tertiary/aromatic N) is 4. The number of likely N-dealkylation sites (tertiary alicyclic amines) is 1. The smallest absolute Gasteiger partial charge is 0.253 e. The molecule has 0 unspecified atom stereocenters. The minimum atomic E-state index is 0.0821. The number of aromatic amines is 1. The second-order valence-corrected chi connectivity index (χ2v) is 9.69. The molecule has 6 heteroatoms. The SMILES string of the molecule is Cc1ccc(C2CN(C(=O)c3ccc(C)c(-c4nc5cc(N6CCCC6)ncc5[nH]4)c3)C2)cc1. The Kier molecular flexibility index (Phi) is 5.09. The largest absolute Gasteiger partial charge is 0.357 e.